The van der Waals surface area contributed by atoms with Crippen LogP contribution in [-0.2, 0) is 6.18 Å². The number of carbonyl (C=O) groups excluding carboxylic acids is 1. The number of nitriles is 2. The standard InChI is InChI=1S/C18H19F3N4O/c19-18(20,21)16-6-2-1-5-15(16)17(26)25-10-8-24(9-11-25)13-14(12-23)4-3-7-22/h1-2,5-6,14H,3-4,8-11,13H2/t14-/m1/s1. The zero-order valence-electron chi connectivity index (χ0n) is 14.2. The van der Waals surface area contributed by atoms with Gasteiger partial charge in [-0.1, -0.05) is 12.1 Å². The molecule has 26 heavy (non-hydrogen) atoms. The SMILES string of the molecule is N#CCC[C@H](C#N)CN1CCN(C(=O)c2ccccc2C(F)(F)F)CC1. The van der Waals surface area contributed by atoms with Gasteiger partial charge in [0, 0.05) is 39.1 Å². The summed E-state index contributed by atoms with van der Waals surface area (Å²) in [5.41, 5.74) is -1.26. The molecule has 0 radical (unpaired) electrons. The molecule has 1 atom stereocenters. The molecule has 1 fully saturated rings. The summed E-state index contributed by atoms with van der Waals surface area (Å²) in [5.74, 6) is -0.887. The van der Waals surface area contributed by atoms with Gasteiger partial charge >= 0.3 is 6.18 Å². The molecule has 1 aliphatic rings. The second kappa shape index (κ2) is 8.68. The van der Waals surface area contributed by atoms with Gasteiger partial charge in [-0.05, 0) is 18.6 Å². The summed E-state index contributed by atoms with van der Waals surface area (Å²) in [6.07, 6.45) is -3.77. The van der Waals surface area contributed by atoms with Crippen molar-refractivity contribution in [3.8, 4) is 12.1 Å². The minimum atomic E-state index is -4.57. The molecule has 2 rings (SSSR count). The van der Waals surface area contributed by atoms with E-state index >= 15 is 0 Å². The van der Waals surface area contributed by atoms with Gasteiger partial charge in [0.05, 0.1) is 29.2 Å². The highest BCUT2D eigenvalue weighted by molar-refractivity contribution is 5.96. The molecular weight excluding hydrogens is 345 g/mol. The van der Waals surface area contributed by atoms with Crippen molar-refractivity contribution in [2.45, 2.75) is 19.0 Å². The third-order valence-electron chi connectivity index (χ3n) is 4.39. The molecule has 0 spiro atoms. The van der Waals surface area contributed by atoms with Crippen LogP contribution in [0.5, 0.6) is 0 Å². The maximum Gasteiger partial charge on any atom is 0.417 e. The highest BCUT2D eigenvalue weighted by atomic mass is 19.4. The normalized spacial score (nSPS) is 16.6. The van der Waals surface area contributed by atoms with E-state index in [1.165, 1.54) is 23.1 Å². The molecule has 5 nitrogen and oxygen atoms in total. The summed E-state index contributed by atoms with van der Waals surface area (Å²) in [5, 5.41) is 17.7. The van der Waals surface area contributed by atoms with E-state index in [2.05, 4.69) is 6.07 Å². The Morgan fingerprint density at radius 3 is 2.38 bits per heavy atom. The molecule has 0 aromatic heterocycles. The van der Waals surface area contributed by atoms with Crippen LogP contribution in [0, 0.1) is 28.6 Å². The third kappa shape index (κ3) is 4.96. The van der Waals surface area contributed by atoms with E-state index in [0.717, 1.165) is 6.07 Å². The van der Waals surface area contributed by atoms with Crippen LogP contribution in [0.3, 0.4) is 0 Å². The summed E-state index contributed by atoms with van der Waals surface area (Å²) in [7, 11) is 0. The summed E-state index contributed by atoms with van der Waals surface area (Å²) in [6, 6.07) is 8.98. The van der Waals surface area contributed by atoms with Crippen molar-refractivity contribution in [2.75, 3.05) is 32.7 Å². The molecule has 1 saturated heterocycles. The van der Waals surface area contributed by atoms with Crippen molar-refractivity contribution >= 4 is 5.91 Å². The average Bonchev–Trinajstić information content (AvgIpc) is 2.64. The Morgan fingerprint density at radius 1 is 1.15 bits per heavy atom. The first-order valence-corrected chi connectivity index (χ1v) is 8.31. The van der Waals surface area contributed by atoms with Crippen molar-refractivity contribution in [3.05, 3.63) is 35.4 Å². The first kappa shape index (κ1) is 19.7. The van der Waals surface area contributed by atoms with Crippen molar-refractivity contribution in [1.82, 2.24) is 9.80 Å². The van der Waals surface area contributed by atoms with Gasteiger partial charge in [-0.15, -0.1) is 0 Å². The number of amides is 1. The number of alkyl halides is 3. The van der Waals surface area contributed by atoms with Crippen LogP contribution >= 0.6 is 0 Å². The molecule has 1 heterocycles. The van der Waals surface area contributed by atoms with Crippen molar-refractivity contribution < 1.29 is 18.0 Å². The monoisotopic (exact) mass is 364 g/mol. The number of piperazine rings is 1. The molecular formula is C18H19F3N4O. The topological polar surface area (TPSA) is 71.1 Å². The smallest absolute Gasteiger partial charge is 0.336 e. The van der Waals surface area contributed by atoms with Gasteiger partial charge in [0.15, 0.2) is 0 Å². The molecule has 0 unspecified atom stereocenters. The van der Waals surface area contributed by atoms with Gasteiger partial charge in [-0.2, -0.15) is 23.7 Å². The zero-order valence-corrected chi connectivity index (χ0v) is 14.2. The predicted octanol–water partition coefficient (Wildman–Crippen LogP) is 2.91. The van der Waals surface area contributed by atoms with Crippen molar-refractivity contribution in [2.24, 2.45) is 5.92 Å². The maximum atomic E-state index is 13.1. The van der Waals surface area contributed by atoms with E-state index in [9.17, 15) is 18.0 Å². The number of benzene rings is 1. The average molecular weight is 364 g/mol. The lowest BCUT2D eigenvalue weighted by molar-refractivity contribution is -0.138. The van der Waals surface area contributed by atoms with Crippen molar-refractivity contribution in [1.29, 1.82) is 10.5 Å². The molecule has 0 aliphatic carbocycles. The highest BCUT2D eigenvalue weighted by Crippen LogP contribution is 2.32. The van der Waals surface area contributed by atoms with Crippen LogP contribution in [0.4, 0.5) is 13.2 Å². The van der Waals surface area contributed by atoms with Crippen LogP contribution in [0.1, 0.15) is 28.8 Å². The van der Waals surface area contributed by atoms with Gasteiger partial charge in [-0.25, -0.2) is 0 Å². The van der Waals surface area contributed by atoms with Crippen LogP contribution in [0.2, 0.25) is 0 Å². The summed E-state index contributed by atoms with van der Waals surface area (Å²) < 4.78 is 39.3. The molecule has 0 bridgehead atoms. The number of carbonyl (C=O) groups is 1. The quantitative estimate of drug-likeness (QED) is 0.805. The number of hydrogen-bond donors (Lipinski definition) is 0. The van der Waals surface area contributed by atoms with Crippen LogP contribution in [0.25, 0.3) is 0 Å². The Kier molecular flexibility index (Phi) is 6.59. The first-order chi connectivity index (χ1) is 12.4. The van der Waals surface area contributed by atoms with Crippen molar-refractivity contribution in [3.63, 3.8) is 0 Å². The van der Waals surface area contributed by atoms with E-state index in [-0.39, 0.29) is 11.5 Å². The fourth-order valence-corrected chi connectivity index (χ4v) is 2.97. The van der Waals surface area contributed by atoms with Crippen LogP contribution in [-0.4, -0.2) is 48.4 Å². The Balaban J connectivity index is 1.97. The summed E-state index contributed by atoms with van der Waals surface area (Å²) >= 11 is 0. The lowest BCUT2D eigenvalue weighted by Gasteiger charge is -2.35. The summed E-state index contributed by atoms with van der Waals surface area (Å²) in [6.45, 7) is 2.09. The first-order valence-electron chi connectivity index (χ1n) is 8.31. The van der Waals surface area contributed by atoms with Gasteiger partial charge in [0.1, 0.15) is 0 Å². The number of hydrogen-bond acceptors (Lipinski definition) is 4. The highest BCUT2D eigenvalue weighted by Gasteiger charge is 2.36. The molecule has 1 aromatic rings. The number of nitrogens with zero attached hydrogens (tertiary/aromatic N) is 4. The maximum absolute atomic E-state index is 13.1. The Morgan fingerprint density at radius 2 is 1.81 bits per heavy atom. The zero-order chi connectivity index (χ0) is 19.2. The van der Waals surface area contributed by atoms with Crippen LogP contribution in [0.15, 0.2) is 24.3 Å². The lowest BCUT2D eigenvalue weighted by atomic mass is 10.0. The lowest BCUT2D eigenvalue weighted by Crippen LogP contribution is -2.50. The van der Waals surface area contributed by atoms with E-state index < -0.39 is 17.6 Å². The minimum Gasteiger partial charge on any atom is -0.336 e. The predicted molar refractivity (Wildman–Crippen MR) is 87.7 cm³/mol. The molecule has 8 heteroatoms. The largest absolute Gasteiger partial charge is 0.417 e. The van der Waals surface area contributed by atoms with Crippen LogP contribution < -0.4 is 0 Å². The number of rotatable bonds is 5. The second-order valence-electron chi connectivity index (χ2n) is 6.16. The third-order valence-corrected chi connectivity index (χ3v) is 4.39. The minimum absolute atomic E-state index is 0.261. The molecule has 0 N–H and O–H groups in total. The van der Waals surface area contributed by atoms with Gasteiger partial charge in [0.2, 0.25) is 0 Å². The molecule has 1 aromatic carbocycles. The molecule has 138 valence electrons. The van der Waals surface area contributed by atoms with E-state index in [0.29, 0.717) is 45.6 Å². The Hall–Kier alpha value is -2.58. The van der Waals surface area contributed by atoms with Gasteiger partial charge in [-0.3, -0.25) is 9.69 Å². The Bertz CT molecular complexity index is 712. The van der Waals surface area contributed by atoms with E-state index in [1.807, 2.05) is 11.0 Å². The Labute approximate surface area is 150 Å². The van der Waals surface area contributed by atoms with E-state index in [1.54, 1.807) is 0 Å². The molecule has 1 aliphatic heterocycles. The van der Waals surface area contributed by atoms with Gasteiger partial charge < -0.3 is 4.90 Å². The fraction of sp³-hybridized carbons (Fsp3) is 0.500. The molecule has 1 amide bonds. The molecule has 0 saturated carbocycles. The van der Waals surface area contributed by atoms with Gasteiger partial charge in [0.25, 0.3) is 5.91 Å². The number of halogens is 3. The second-order valence-corrected chi connectivity index (χ2v) is 6.16. The fourth-order valence-electron chi connectivity index (χ4n) is 2.97. The summed E-state index contributed by atoms with van der Waals surface area (Å²) in [4.78, 5) is 15.9. The van der Waals surface area contributed by atoms with E-state index in [4.69, 9.17) is 10.5 Å².